The number of H-pyrrole nitrogens is 2. The van der Waals surface area contributed by atoms with E-state index in [0.717, 1.165) is 37.0 Å². The Morgan fingerprint density at radius 2 is 2.06 bits per heavy atom. The van der Waals surface area contributed by atoms with Crippen LogP contribution in [-0.4, -0.2) is 44.1 Å². The number of aromatic nitrogens is 4. The molecule has 3 heterocycles. The SMILES string of the molecule is O=C(CCc1nc2ccc(F)cc2[nH]1)N1CCCC(c2[nH]ncc2Cc2ccccc2)C1. The molecule has 164 valence electrons. The predicted molar refractivity (Wildman–Crippen MR) is 121 cm³/mol. The number of aromatic amines is 2. The average Bonchev–Trinajstić information content (AvgIpc) is 3.44. The van der Waals surface area contributed by atoms with Gasteiger partial charge in [0.15, 0.2) is 0 Å². The van der Waals surface area contributed by atoms with Crippen LogP contribution in [0.15, 0.2) is 54.7 Å². The Morgan fingerprint density at radius 3 is 2.94 bits per heavy atom. The number of hydrogen-bond acceptors (Lipinski definition) is 3. The maximum absolute atomic E-state index is 13.4. The van der Waals surface area contributed by atoms with Gasteiger partial charge in [0.2, 0.25) is 5.91 Å². The molecule has 1 aliphatic rings. The molecule has 1 aliphatic heterocycles. The van der Waals surface area contributed by atoms with Crippen LogP contribution in [0.5, 0.6) is 0 Å². The van der Waals surface area contributed by atoms with Crippen LogP contribution < -0.4 is 0 Å². The summed E-state index contributed by atoms with van der Waals surface area (Å²) >= 11 is 0. The van der Waals surface area contributed by atoms with Gasteiger partial charge in [-0.2, -0.15) is 5.10 Å². The van der Waals surface area contributed by atoms with E-state index in [0.29, 0.717) is 30.7 Å². The summed E-state index contributed by atoms with van der Waals surface area (Å²) in [6, 6.07) is 14.9. The fourth-order valence-electron chi connectivity index (χ4n) is 4.61. The Balaban J connectivity index is 1.22. The van der Waals surface area contributed by atoms with Gasteiger partial charge in [0.25, 0.3) is 0 Å². The van der Waals surface area contributed by atoms with Crippen molar-refractivity contribution in [3.8, 4) is 0 Å². The lowest BCUT2D eigenvalue weighted by atomic mass is 9.90. The Hall–Kier alpha value is -3.48. The van der Waals surface area contributed by atoms with E-state index in [1.165, 1.54) is 23.3 Å². The third-order valence-electron chi connectivity index (χ3n) is 6.24. The fourth-order valence-corrected chi connectivity index (χ4v) is 4.61. The quantitative estimate of drug-likeness (QED) is 0.476. The molecular formula is C25H26FN5O. The molecule has 1 unspecified atom stereocenters. The van der Waals surface area contributed by atoms with Crippen LogP contribution in [0.4, 0.5) is 4.39 Å². The second kappa shape index (κ2) is 8.94. The topological polar surface area (TPSA) is 77.7 Å². The van der Waals surface area contributed by atoms with Gasteiger partial charge < -0.3 is 9.88 Å². The Morgan fingerprint density at radius 1 is 1.19 bits per heavy atom. The zero-order chi connectivity index (χ0) is 21.9. The maximum Gasteiger partial charge on any atom is 0.223 e. The van der Waals surface area contributed by atoms with Crippen LogP contribution >= 0.6 is 0 Å². The van der Waals surface area contributed by atoms with Gasteiger partial charge in [0, 0.05) is 44.0 Å². The van der Waals surface area contributed by atoms with Crippen molar-refractivity contribution < 1.29 is 9.18 Å². The van der Waals surface area contributed by atoms with Crippen molar-refractivity contribution in [3.63, 3.8) is 0 Å². The summed E-state index contributed by atoms with van der Waals surface area (Å²) < 4.78 is 13.4. The first-order chi connectivity index (χ1) is 15.7. The molecule has 0 aliphatic carbocycles. The zero-order valence-corrected chi connectivity index (χ0v) is 17.9. The van der Waals surface area contributed by atoms with Crippen molar-refractivity contribution in [2.75, 3.05) is 13.1 Å². The molecule has 2 aromatic carbocycles. The first-order valence-corrected chi connectivity index (χ1v) is 11.1. The minimum absolute atomic E-state index is 0.130. The number of hydrogen-bond donors (Lipinski definition) is 2. The van der Waals surface area contributed by atoms with E-state index in [2.05, 4.69) is 44.4 Å². The number of nitrogens with zero attached hydrogens (tertiary/aromatic N) is 3. The van der Waals surface area contributed by atoms with Crippen molar-refractivity contribution in [1.82, 2.24) is 25.1 Å². The number of likely N-dealkylation sites (tertiary alicyclic amines) is 1. The highest BCUT2D eigenvalue weighted by Crippen LogP contribution is 2.29. The predicted octanol–water partition coefficient (Wildman–Crippen LogP) is 4.35. The number of imidazole rings is 1. The number of piperidine rings is 1. The number of carbonyl (C=O) groups is 1. The normalized spacial score (nSPS) is 16.5. The largest absolute Gasteiger partial charge is 0.342 e. The third kappa shape index (κ3) is 4.42. The fraction of sp³-hybridized carbons (Fsp3) is 0.320. The van der Waals surface area contributed by atoms with Gasteiger partial charge in [0.05, 0.1) is 17.2 Å². The van der Waals surface area contributed by atoms with Gasteiger partial charge in [-0.05, 0) is 42.2 Å². The van der Waals surface area contributed by atoms with Crippen molar-refractivity contribution in [2.45, 2.75) is 38.0 Å². The summed E-state index contributed by atoms with van der Waals surface area (Å²) in [6.45, 7) is 1.48. The number of amides is 1. The lowest BCUT2D eigenvalue weighted by molar-refractivity contribution is -0.132. The molecule has 1 fully saturated rings. The lowest BCUT2D eigenvalue weighted by Crippen LogP contribution is -2.39. The summed E-state index contributed by atoms with van der Waals surface area (Å²) in [6.07, 6.45) is 5.67. The molecule has 1 atom stereocenters. The zero-order valence-electron chi connectivity index (χ0n) is 17.9. The molecule has 1 amide bonds. The first-order valence-electron chi connectivity index (χ1n) is 11.1. The molecule has 32 heavy (non-hydrogen) atoms. The van der Waals surface area contributed by atoms with Gasteiger partial charge >= 0.3 is 0 Å². The van der Waals surface area contributed by atoms with E-state index in [1.807, 2.05) is 17.2 Å². The minimum Gasteiger partial charge on any atom is -0.342 e. The smallest absolute Gasteiger partial charge is 0.223 e. The van der Waals surface area contributed by atoms with Gasteiger partial charge in [-0.3, -0.25) is 9.89 Å². The van der Waals surface area contributed by atoms with Crippen molar-refractivity contribution in [2.24, 2.45) is 0 Å². The van der Waals surface area contributed by atoms with E-state index in [9.17, 15) is 9.18 Å². The molecule has 0 spiro atoms. The van der Waals surface area contributed by atoms with Crippen LogP contribution in [0.1, 0.15) is 47.8 Å². The number of benzene rings is 2. The van der Waals surface area contributed by atoms with Crippen LogP contribution in [-0.2, 0) is 17.6 Å². The Labute approximate surface area is 185 Å². The van der Waals surface area contributed by atoms with E-state index < -0.39 is 0 Å². The van der Waals surface area contributed by atoms with Gasteiger partial charge in [-0.1, -0.05) is 30.3 Å². The third-order valence-corrected chi connectivity index (χ3v) is 6.24. The number of fused-ring (bicyclic) bond motifs is 1. The second-order valence-electron chi connectivity index (χ2n) is 8.50. The highest BCUT2D eigenvalue weighted by Gasteiger charge is 2.27. The standard InChI is InChI=1S/C25H26FN5O/c26-20-8-9-21-22(14-20)29-23(28-21)10-11-24(32)31-12-4-7-18(16-31)25-19(15-27-30-25)13-17-5-2-1-3-6-17/h1-3,5-6,8-9,14-15,18H,4,7,10-13,16H2,(H,27,30)(H,28,29). The molecular weight excluding hydrogens is 405 g/mol. The molecule has 5 rings (SSSR count). The average molecular weight is 432 g/mol. The second-order valence-corrected chi connectivity index (χ2v) is 8.50. The monoisotopic (exact) mass is 431 g/mol. The van der Waals surface area contributed by atoms with E-state index >= 15 is 0 Å². The highest BCUT2D eigenvalue weighted by molar-refractivity contribution is 5.77. The summed E-state index contributed by atoms with van der Waals surface area (Å²) in [5, 5.41) is 7.50. The van der Waals surface area contributed by atoms with Gasteiger partial charge in [-0.25, -0.2) is 9.37 Å². The summed E-state index contributed by atoms with van der Waals surface area (Å²) in [4.78, 5) is 22.5. The molecule has 2 aromatic heterocycles. The molecule has 0 radical (unpaired) electrons. The van der Waals surface area contributed by atoms with Crippen molar-refractivity contribution in [3.05, 3.63) is 83.2 Å². The van der Waals surface area contributed by atoms with Gasteiger partial charge in [-0.15, -0.1) is 0 Å². The van der Waals surface area contributed by atoms with Crippen LogP contribution in [0.3, 0.4) is 0 Å². The Kier molecular flexibility index (Phi) is 5.71. The van der Waals surface area contributed by atoms with E-state index in [4.69, 9.17) is 0 Å². The van der Waals surface area contributed by atoms with E-state index in [-0.39, 0.29) is 17.6 Å². The molecule has 1 saturated heterocycles. The lowest BCUT2D eigenvalue weighted by Gasteiger charge is -2.33. The van der Waals surface area contributed by atoms with E-state index in [1.54, 1.807) is 6.07 Å². The number of carbonyl (C=O) groups excluding carboxylic acids is 1. The maximum atomic E-state index is 13.4. The summed E-state index contributed by atoms with van der Waals surface area (Å²) in [5.41, 5.74) is 4.98. The molecule has 0 bridgehead atoms. The van der Waals surface area contributed by atoms with Crippen LogP contribution in [0.25, 0.3) is 11.0 Å². The molecule has 2 N–H and O–H groups in total. The van der Waals surface area contributed by atoms with Crippen molar-refractivity contribution >= 4 is 16.9 Å². The minimum atomic E-state index is -0.298. The Bertz CT molecular complexity index is 1220. The molecule has 0 saturated carbocycles. The first kappa shape index (κ1) is 20.4. The highest BCUT2D eigenvalue weighted by atomic mass is 19.1. The number of aryl methyl sites for hydroxylation is 1. The molecule has 7 heteroatoms. The number of nitrogens with one attached hydrogen (secondary N) is 2. The number of rotatable bonds is 6. The summed E-state index contributed by atoms with van der Waals surface area (Å²) in [7, 11) is 0. The number of halogens is 1. The van der Waals surface area contributed by atoms with Crippen molar-refractivity contribution in [1.29, 1.82) is 0 Å². The molecule has 6 nitrogen and oxygen atoms in total. The van der Waals surface area contributed by atoms with Crippen LogP contribution in [0, 0.1) is 5.82 Å². The van der Waals surface area contributed by atoms with Crippen LogP contribution in [0.2, 0.25) is 0 Å². The van der Waals surface area contributed by atoms with Gasteiger partial charge in [0.1, 0.15) is 11.6 Å². The summed E-state index contributed by atoms with van der Waals surface area (Å²) in [5.74, 6) is 0.813. The molecule has 4 aromatic rings.